The number of imidazole rings is 1. The number of carbonyl (C=O) groups excluding carboxylic acids is 1. The molecule has 7 nitrogen and oxygen atoms in total. The van der Waals surface area contributed by atoms with Crippen LogP contribution in [0.15, 0.2) is 36.7 Å². The Bertz CT molecular complexity index is 1020. The average Bonchev–Trinajstić information content (AvgIpc) is 3.04. The molecule has 1 fully saturated rings. The molecule has 2 aromatic heterocycles. The molecule has 2 unspecified atom stereocenters. The highest BCUT2D eigenvalue weighted by atomic mass is 16.4. The Balaban J connectivity index is 1.91. The zero-order valence-electron chi connectivity index (χ0n) is 14.6. The molecule has 134 valence electrons. The first kappa shape index (κ1) is 16.5. The van der Waals surface area contributed by atoms with Crippen LogP contribution < -0.4 is 5.32 Å². The van der Waals surface area contributed by atoms with Crippen LogP contribution in [0.2, 0.25) is 0 Å². The lowest BCUT2D eigenvalue weighted by Crippen LogP contribution is -2.55. The number of piperazine rings is 1. The number of benzene rings is 1. The van der Waals surface area contributed by atoms with Crippen molar-refractivity contribution < 1.29 is 14.7 Å². The predicted molar refractivity (Wildman–Crippen MR) is 97.6 cm³/mol. The van der Waals surface area contributed by atoms with E-state index >= 15 is 0 Å². The molecule has 2 N–H and O–H groups in total. The van der Waals surface area contributed by atoms with Gasteiger partial charge in [-0.15, -0.1) is 0 Å². The van der Waals surface area contributed by atoms with Crippen molar-refractivity contribution in [2.45, 2.75) is 25.9 Å². The molecule has 7 heteroatoms. The predicted octanol–water partition coefficient (Wildman–Crippen LogP) is 2.01. The molecule has 1 aromatic carbocycles. The molecule has 0 bridgehead atoms. The molecule has 3 heterocycles. The van der Waals surface area contributed by atoms with Gasteiger partial charge in [-0.2, -0.15) is 0 Å². The second-order valence-electron chi connectivity index (χ2n) is 6.91. The Morgan fingerprint density at radius 1 is 1.15 bits per heavy atom. The summed E-state index contributed by atoms with van der Waals surface area (Å²) in [6.07, 6.45) is 1.49. The third-order valence-electron chi connectivity index (χ3n) is 4.82. The third-order valence-corrected chi connectivity index (χ3v) is 4.82. The highest BCUT2D eigenvalue weighted by Crippen LogP contribution is 2.25. The first-order chi connectivity index (χ1) is 12.5. The van der Waals surface area contributed by atoms with Crippen molar-refractivity contribution in [1.82, 2.24) is 19.6 Å². The first-order valence-corrected chi connectivity index (χ1v) is 8.63. The van der Waals surface area contributed by atoms with Crippen LogP contribution in [0.5, 0.6) is 0 Å². The van der Waals surface area contributed by atoms with Gasteiger partial charge < -0.3 is 15.3 Å². The molecule has 3 aromatic rings. The summed E-state index contributed by atoms with van der Waals surface area (Å²) < 4.78 is 1.72. The summed E-state index contributed by atoms with van der Waals surface area (Å²) in [5.41, 5.74) is 1.66. The van der Waals surface area contributed by atoms with E-state index in [0.717, 1.165) is 10.9 Å². The van der Waals surface area contributed by atoms with Gasteiger partial charge in [0.2, 0.25) is 0 Å². The quantitative estimate of drug-likeness (QED) is 0.737. The fourth-order valence-corrected chi connectivity index (χ4v) is 3.82. The van der Waals surface area contributed by atoms with E-state index in [1.165, 1.54) is 6.33 Å². The van der Waals surface area contributed by atoms with Gasteiger partial charge in [0, 0.05) is 30.6 Å². The number of hydrogen-bond acceptors (Lipinski definition) is 4. The highest BCUT2D eigenvalue weighted by molar-refractivity contribution is 6.09. The van der Waals surface area contributed by atoms with Gasteiger partial charge in [-0.3, -0.25) is 9.20 Å². The Hall–Kier alpha value is -2.93. The van der Waals surface area contributed by atoms with Crippen molar-refractivity contribution in [2.24, 2.45) is 0 Å². The maximum Gasteiger partial charge on any atom is 0.356 e. The van der Waals surface area contributed by atoms with Crippen molar-refractivity contribution in [3.63, 3.8) is 0 Å². The molecule has 26 heavy (non-hydrogen) atoms. The van der Waals surface area contributed by atoms with Gasteiger partial charge in [-0.25, -0.2) is 9.78 Å². The number of fused-ring (bicyclic) bond motifs is 3. The van der Waals surface area contributed by atoms with Crippen LogP contribution in [0.25, 0.3) is 16.4 Å². The van der Waals surface area contributed by atoms with Crippen LogP contribution in [0.3, 0.4) is 0 Å². The second-order valence-corrected chi connectivity index (χ2v) is 6.91. The number of nitrogens with one attached hydrogen (secondary N) is 1. The van der Waals surface area contributed by atoms with Crippen LogP contribution >= 0.6 is 0 Å². The van der Waals surface area contributed by atoms with Crippen LogP contribution in [0.1, 0.15) is 34.7 Å². The summed E-state index contributed by atoms with van der Waals surface area (Å²) in [4.78, 5) is 30.6. The van der Waals surface area contributed by atoms with E-state index in [0.29, 0.717) is 24.2 Å². The molecule has 0 aliphatic carbocycles. The number of nitrogens with zero attached hydrogens (tertiary/aromatic N) is 3. The number of rotatable bonds is 2. The first-order valence-electron chi connectivity index (χ1n) is 8.63. The van der Waals surface area contributed by atoms with Crippen molar-refractivity contribution in [1.29, 1.82) is 0 Å². The summed E-state index contributed by atoms with van der Waals surface area (Å²) in [5, 5.41) is 13.6. The van der Waals surface area contributed by atoms with Gasteiger partial charge in [-0.05, 0) is 26.0 Å². The number of para-hydroxylation sites is 1. The lowest BCUT2D eigenvalue weighted by molar-refractivity contribution is 0.0671. The Kier molecular flexibility index (Phi) is 3.88. The second kappa shape index (κ2) is 6.10. The zero-order valence-corrected chi connectivity index (χ0v) is 14.6. The molecule has 4 rings (SSSR count). The summed E-state index contributed by atoms with van der Waals surface area (Å²) in [6.45, 7) is 5.34. The molecular formula is C19H20N4O3. The standard InChI is InChI=1S/C19H20N4O3/c1-11-8-22(9-12(2)21-11)18(24)14-7-16-17(19(25)26)20-10-23(16)15-6-4-3-5-13(14)15/h3-7,10-12,21H,8-9H2,1-2H3,(H,25,26). The van der Waals surface area contributed by atoms with E-state index in [-0.39, 0.29) is 23.7 Å². The Morgan fingerprint density at radius 3 is 2.54 bits per heavy atom. The molecule has 1 amide bonds. The fourth-order valence-electron chi connectivity index (χ4n) is 3.82. The van der Waals surface area contributed by atoms with E-state index in [2.05, 4.69) is 24.1 Å². The number of amides is 1. The lowest BCUT2D eigenvalue weighted by Gasteiger charge is -2.36. The van der Waals surface area contributed by atoms with Gasteiger partial charge in [0.25, 0.3) is 5.91 Å². The number of pyridine rings is 1. The summed E-state index contributed by atoms with van der Waals surface area (Å²) in [6, 6.07) is 9.57. The van der Waals surface area contributed by atoms with Crippen LogP contribution in [-0.2, 0) is 0 Å². The molecule has 1 aliphatic rings. The minimum Gasteiger partial charge on any atom is -0.476 e. The number of aromatic nitrogens is 2. The minimum atomic E-state index is -1.11. The SMILES string of the molecule is CC1CN(C(=O)c2cc3c(C(=O)O)ncn3c3ccccc23)CC(C)N1. The highest BCUT2D eigenvalue weighted by Gasteiger charge is 2.27. The van der Waals surface area contributed by atoms with Gasteiger partial charge >= 0.3 is 5.97 Å². The topological polar surface area (TPSA) is 86.9 Å². The van der Waals surface area contributed by atoms with E-state index < -0.39 is 5.97 Å². The lowest BCUT2D eigenvalue weighted by atomic mass is 10.0. The van der Waals surface area contributed by atoms with Crippen molar-refractivity contribution in [2.75, 3.05) is 13.1 Å². The summed E-state index contributed by atoms with van der Waals surface area (Å²) in [7, 11) is 0. The van der Waals surface area contributed by atoms with Gasteiger partial charge in [0.05, 0.1) is 16.6 Å². The molecule has 1 aliphatic heterocycles. The van der Waals surface area contributed by atoms with Gasteiger partial charge in [-0.1, -0.05) is 18.2 Å². The summed E-state index contributed by atoms with van der Waals surface area (Å²) in [5.74, 6) is -1.19. The zero-order chi connectivity index (χ0) is 18.4. The van der Waals surface area contributed by atoms with Gasteiger partial charge in [0.15, 0.2) is 5.69 Å². The van der Waals surface area contributed by atoms with Crippen LogP contribution in [0.4, 0.5) is 0 Å². The number of carbonyl (C=O) groups is 2. The van der Waals surface area contributed by atoms with Crippen molar-refractivity contribution in [3.8, 4) is 0 Å². The number of hydrogen-bond donors (Lipinski definition) is 2. The largest absolute Gasteiger partial charge is 0.476 e. The van der Waals surface area contributed by atoms with Gasteiger partial charge in [0.1, 0.15) is 6.33 Å². The molecule has 1 saturated heterocycles. The number of carboxylic acids is 1. The van der Waals surface area contributed by atoms with Crippen molar-refractivity contribution in [3.05, 3.63) is 47.9 Å². The van der Waals surface area contributed by atoms with Crippen LogP contribution in [0, 0.1) is 0 Å². The molecule has 2 atom stereocenters. The minimum absolute atomic E-state index is 0.0492. The van der Waals surface area contributed by atoms with E-state index in [1.54, 1.807) is 10.5 Å². The van der Waals surface area contributed by atoms with Crippen LogP contribution in [-0.4, -0.2) is 56.4 Å². The number of carboxylic acid groups (broad SMARTS) is 1. The van der Waals surface area contributed by atoms with E-state index in [9.17, 15) is 14.7 Å². The summed E-state index contributed by atoms with van der Waals surface area (Å²) >= 11 is 0. The van der Waals surface area contributed by atoms with Crippen molar-refractivity contribution >= 4 is 28.3 Å². The number of aromatic carboxylic acids is 1. The van der Waals surface area contributed by atoms with E-state index in [4.69, 9.17) is 0 Å². The normalized spacial score (nSPS) is 20.6. The third kappa shape index (κ3) is 2.61. The maximum absolute atomic E-state index is 13.3. The molecule has 0 saturated carbocycles. The Labute approximate surface area is 150 Å². The molecule has 0 radical (unpaired) electrons. The molecule has 0 spiro atoms. The van der Waals surface area contributed by atoms with E-state index in [1.807, 2.05) is 29.2 Å². The Morgan fingerprint density at radius 2 is 1.85 bits per heavy atom. The smallest absolute Gasteiger partial charge is 0.356 e. The fraction of sp³-hybridized carbons (Fsp3) is 0.316. The average molecular weight is 352 g/mol. The monoisotopic (exact) mass is 352 g/mol. The maximum atomic E-state index is 13.3. The molecular weight excluding hydrogens is 332 g/mol.